The number of aryl methyl sites for hydroxylation is 2. The van der Waals surface area contributed by atoms with Crippen molar-refractivity contribution in [1.29, 1.82) is 0 Å². The zero-order chi connectivity index (χ0) is 12.1. The van der Waals surface area contributed by atoms with Crippen LogP contribution in [0.1, 0.15) is 50.3 Å². The number of hydrogen-bond donors (Lipinski definition) is 1. The lowest BCUT2D eigenvalue weighted by Gasteiger charge is -2.00. The van der Waals surface area contributed by atoms with Crippen LogP contribution in [0.15, 0.2) is 24.3 Å². The predicted octanol–water partition coefficient (Wildman–Crippen LogP) is 4.99. The van der Waals surface area contributed by atoms with E-state index in [-0.39, 0.29) is 0 Å². The first-order chi connectivity index (χ1) is 8.33. The third kappa shape index (κ3) is 2.91. The van der Waals surface area contributed by atoms with Gasteiger partial charge in [0, 0.05) is 16.6 Å². The molecule has 1 heteroatoms. The molecule has 0 radical (unpaired) electrons. The van der Waals surface area contributed by atoms with E-state index in [2.05, 4.69) is 43.1 Å². The van der Waals surface area contributed by atoms with Crippen molar-refractivity contribution in [3.05, 3.63) is 35.5 Å². The molecule has 0 amide bonds. The monoisotopic (exact) mass is 229 g/mol. The van der Waals surface area contributed by atoms with Gasteiger partial charge in [-0.3, -0.25) is 0 Å². The fraction of sp³-hybridized carbons (Fsp3) is 0.500. The van der Waals surface area contributed by atoms with Crippen molar-refractivity contribution >= 4 is 10.9 Å². The molecule has 2 rings (SSSR count). The van der Waals surface area contributed by atoms with E-state index in [1.54, 1.807) is 0 Å². The summed E-state index contributed by atoms with van der Waals surface area (Å²) in [6.45, 7) is 4.50. The predicted molar refractivity (Wildman–Crippen MR) is 75.5 cm³/mol. The summed E-state index contributed by atoms with van der Waals surface area (Å²) >= 11 is 0. The smallest absolute Gasteiger partial charge is 0.0458 e. The summed E-state index contributed by atoms with van der Waals surface area (Å²) in [6, 6.07) is 8.60. The van der Waals surface area contributed by atoms with Gasteiger partial charge >= 0.3 is 0 Å². The third-order valence-electron chi connectivity index (χ3n) is 3.60. The molecule has 2 aromatic rings. The van der Waals surface area contributed by atoms with Crippen molar-refractivity contribution in [3.8, 4) is 0 Å². The topological polar surface area (TPSA) is 15.8 Å². The Hall–Kier alpha value is -1.24. The minimum Gasteiger partial charge on any atom is -0.358 e. The highest BCUT2D eigenvalue weighted by Crippen LogP contribution is 2.22. The molecule has 1 aromatic carbocycles. The number of fused-ring (bicyclic) bond motifs is 1. The minimum atomic E-state index is 1.20. The van der Waals surface area contributed by atoms with Crippen molar-refractivity contribution in [1.82, 2.24) is 4.98 Å². The summed E-state index contributed by atoms with van der Waals surface area (Å²) < 4.78 is 0. The van der Waals surface area contributed by atoms with Crippen molar-refractivity contribution in [2.75, 3.05) is 0 Å². The highest BCUT2D eigenvalue weighted by molar-refractivity contribution is 5.84. The Morgan fingerprint density at radius 1 is 1.00 bits per heavy atom. The van der Waals surface area contributed by atoms with Gasteiger partial charge in [0.25, 0.3) is 0 Å². The van der Waals surface area contributed by atoms with E-state index >= 15 is 0 Å². The molecular weight excluding hydrogens is 206 g/mol. The van der Waals surface area contributed by atoms with E-state index in [1.165, 1.54) is 60.7 Å². The zero-order valence-electron chi connectivity index (χ0n) is 11.1. The molecule has 0 unspecified atom stereocenters. The summed E-state index contributed by atoms with van der Waals surface area (Å²) in [6.07, 6.45) is 7.97. The molecule has 0 aliphatic rings. The number of unbranched alkanes of at least 4 members (excludes halogenated alkanes) is 4. The van der Waals surface area contributed by atoms with Gasteiger partial charge < -0.3 is 4.98 Å². The number of hydrogen-bond acceptors (Lipinski definition) is 0. The molecular formula is C16H23N. The van der Waals surface area contributed by atoms with E-state index in [9.17, 15) is 0 Å². The summed E-state index contributed by atoms with van der Waals surface area (Å²) in [4.78, 5) is 3.55. The largest absolute Gasteiger partial charge is 0.358 e. The Balaban J connectivity index is 1.97. The van der Waals surface area contributed by atoms with E-state index in [0.717, 1.165) is 0 Å². The minimum absolute atomic E-state index is 1.20. The first-order valence-electron chi connectivity index (χ1n) is 6.89. The molecule has 0 atom stereocenters. The number of nitrogens with one attached hydrogen (secondary N) is 1. The molecule has 0 saturated heterocycles. The Morgan fingerprint density at radius 3 is 2.53 bits per heavy atom. The van der Waals surface area contributed by atoms with E-state index in [4.69, 9.17) is 0 Å². The van der Waals surface area contributed by atoms with Crippen molar-refractivity contribution in [3.63, 3.8) is 0 Å². The van der Waals surface area contributed by atoms with Crippen molar-refractivity contribution < 1.29 is 0 Å². The summed E-state index contributed by atoms with van der Waals surface area (Å²) in [5.74, 6) is 0. The van der Waals surface area contributed by atoms with Gasteiger partial charge in [0.05, 0.1) is 0 Å². The van der Waals surface area contributed by atoms with Gasteiger partial charge in [-0.15, -0.1) is 0 Å². The first kappa shape index (κ1) is 12.2. The van der Waals surface area contributed by atoms with Gasteiger partial charge in [-0.05, 0) is 31.4 Å². The average molecular weight is 229 g/mol. The van der Waals surface area contributed by atoms with Crippen LogP contribution in [0.2, 0.25) is 0 Å². The molecule has 0 fully saturated rings. The highest BCUT2D eigenvalue weighted by Gasteiger charge is 2.05. The van der Waals surface area contributed by atoms with Crippen LogP contribution < -0.4 is 0 Å². The molecule has 17 heavy (non-hydrogen) atoms. The summed E-state index contributed by atoms with van der Waals surface area (Å²) in [5.41, 5.74) is 4.16. The molecule has 0 aliphatic heterocycles. The number of para-hydroxylation sites is 1. The van der Waals surface area contributed by atoms with Gasteiger partial charge in [-0.25, -0.2) is 0 Å². The standard InChI is InChI=1S/C16H23N/c1-3-4-5-6-7-11-15-13(2)14-10-8-9-12-16(14)17-15/h8-10,12,17H,3-7,11H2,1-2H3. The molecule has 0 spiro atoms. The molecule has 1 N–H and O–H groups in total. The van der Waals surface area contributed by atoms with E-state index in [0.29, 0.717) is 0 Å². The first-order valence-corrected chi connectivity index (χ1v) is 6.89. The Bertz CT molecular complexity index is 467. The van der Waals surface area contributed by atoms with E-state index < -0.39 is 0 Å². The molecule has 0 aliphatic carbocycles. The van der Waals surface area contributed by atoms with Crippen LogP contribution in [-0.2, 0) is 6.42 Å². The van der Waals surface area contributed by atoms with Crippen LogP contribution >= 0.6 is 0 Å². The van der Waals surface area contributed by atoms with Gasteiger partial charge in [-0.1, -0.05) is 50.8 Å². The Labute approximate surface area is 104 Å². The Kier molecular flexibility index (Phi) is 4.24. The maximum atomic E-state index is 3.55. The summed E-state index contributed by atoms with van der Waals surface area (Å²) in [7, 11) is 0. The second-order valence-electron chi connectivity index (χ2n) is 4.94. The SMILES string of the molecule is CCCCCCCc1[nH]c2ccccc2c1C. The molecule has 1 aromatic heterocycles. The quantitative estimate of drug-likeness (QED) is 0.672. The van der Waals surface area contributed by atoms with Crippen LogP contribution in [0.3, 0.4) is 0 Å². The maximum absolute atomic E-state index is 3.55. The van der Waals surface area contributed by atoms with Crippen LogP contribution in [0.25, 0.3) is 10.9 Å². The molecule has 1 nitrogen and oxygen atoms in total. The molecule has 0 saturated carbocycles. The van der Waals surface area contributed by atoms with Gasteiger partial charge in [0.1, 0.15) is 0 Å². The van der Waals surface area contributed by atoms with Crippen molar-refractivity contribution in [2.24, 2.45) is 0 Å². The zero-order valence-corrected chi connectivity index (χ0v) is 11.1. The number of rotatable bonds is 6. The van der Waals surface area contributed by atoms with Crippen LogP contribution in [0.4, 0.5) is 0 Å². The number of aromatic amines is 1. The van der Waals surface area contributed by atoms with Gasteiger partial charge in [0.15, 0.2) is 0 Å². The molecule has 92 valence electrons. The lowest BCUT2D eigenvalue weighted by atomic mass is 10.1. The molecule has 1 heterocycles. The van der Waals surface area contributed by atoms with Crippen LogP contribution in [-0.4, -0.2) is 4.98 Å². The second kappa shape index (κ2) is 5.90. The van der Waals surface area contributed by atoms with Crippen LogP contribution in [0, 0.1) is 6.92 Å². The fourth-order valence-corrected chi connectivity index (χ4v) is 2.49. The van der Waals surface area contributed by atoms with E-state index in [1.807, 2.05) is 0 Å². The van der Waals surface area contributed by atoms with Crippen LogP contribution in [0.5, 0.6) is 0 Å². The third-order valence-corrected chi connectivity index (χ3v) is 3.60. The normalized spacial score (nSPS) is 11.2. The van der Waals surface area contributed by atoms with Gasteiger partial charge in [-0.2, -0.15) is 0 Å². The van der Waals surface area contributed by atoms with Gasteiger partial charge in [0.2, 0.25) is 0 Å². The van der Waals surface area contributed by atoms with Crippen molar-refractivity contribution in [2.45, 2.75) is 52.4 Å². The number of benzene rings is 1. The lowest BCUT2D eigenvalue weighted by molar-refractivity contribution is 0.628. The number of H-pyrrole nitrogens is 1. The highest BCUT2D eigenvalue weighted by atomic mass is 14.7. The number of aromatic nitrogens is 1. The Morgan fingerprint density at radius 2 is 1.76 bits per heavy atom. The second-order valence-corrected chi connectivity index (χ2v) is 4.94. The maximum Gasteiger partial charge on any atom is 0.0458 e. The lowest BCUT2D eigenvalue weighted by Crippen LogP contribution is -1.88. The molecule has 0 bridgehead atoms. The average Bonchev–Trinajstić information content (AvgIpc) is 2.67. The fourth-order valence-electron chi connectivity index (χ4n) is 2.49. The summed E-state index contributed by atoms with van der Waals surface area (Å²) in [5, 5.41) is 1.39.